The summed E-state index contributed by atoms with van der Waals surface area (Å²) in [4.78, 5) is 23.1. The second-order valence-corrected chi connectivity index (χ2v) is 4.45. The average molecular weight is 231 g/mol. The monoisotopic (exact) mass is 231 g/mol. The van der Waals surface area contributed by atoms with Gasteiger partial charge in [0.25, 0.3) is 0 Å². The largest absolute Gasteiger partial charge is 0.369 e. The van der Waals surface area contributed by atoms with Crippen molar-refractivity contribution in [2.24, 2.45) is 5.73 Å². The predicted molar refractivity (Wildman–Crippen MR) is 51.4 cm³/mol. The van der Waals surface area contributed by atoms with Crippen molar-refractivity contribution < 1.29 is 13.2 Å². The Bertz CT molecular complexity index is 499. The lowest BCUT2D eigenvalue weighted by Crippen LogP contribution is -2.33. The van der Waals surface area contributed by atoms with Crippen LogP contribution >= 0.6 is 0 Å². The standard InChI is InChI=1S/C7H9N3O4S/c8-6(11)4-10-15(13,14)5-1-2-7(12)9-3-5/h1-3,10H,4H2,(H2,8,11)(H,9,12). The quantitative estimate of drug-likeness (QED) is 0.562. The molecule has 0 radical (unpaired) electrons. The molecule has 82 valence electrons. The van der Waals surface area contributed by atoms with E-state index in [9.17, 15) is 18.0 Å². The van der Waals surface area contributed by atoms with Crippen molar-refractivity contribution >= 4 is 15.9 Å². The van der Waals surface area contributed by atoms with E-state index >= 15 is 0 Å². The van der Waals surface area contributed by atoms with Gasteiger partial charge >= 0.3 is 0 Å². The molecule has 1 amide bonds. The van der Waals surface area contributed by atoms with Crippen LogP contribution in [0.25, 0.3) is 0 Å². The van der Waals surface area contributed by atoms with Gasteiger partial charge in [-0.3, -0.25) is 9.59 Å². The highest BCUT2D eigenvalue weighted by Crippen LogP contribution is 2.02. The van der Waals surface area contributed by atoms with Gasteiger partial charge in [0.2, 0.25) is 21.5 Å². The number of nitrogens with one attached hydrogen (secondary N) is 2. The number of hydrogen-bond donors (Lipinski definition) is 3. The van der Waals surface area contributed by atoms with Crippen molar-refractivity contribution in [3.63, 3.8) is 0 Å². The molecule has 0 aliphatic carbocycles. The number of carbonyl (C=O) groups is 1. The summed E-state index contributed by atoms with van der Waals surface area (Å²) in [5.41, 5.74) is 4.37. The van der Waals surface area contributed by atoms with Crippen LogP contribution in [0.1, 0.15) is 0 Å². The molecule has 0 aliphatic rings. The van der Waals surface area contributed by atoms with Crippen molar-refractivity contribution in [1.82, 2.24) is 9.71 Å². The number of pyridine rings is 1. The lowest BCUT2D eigenvalue weighted by Gasteiger charge is -2.03. The second kappa shape index (κ2) is 4.24. The van der Waals surface area contributed by atoms with Gasteiger partial charge in [0.15, 0.2) is 0 Å². The van der Waals surface area contributed by atoms with Crippen molar-refractivity contribution in [2.75, 3.05) is 6.54 Å². The molecule has 8 heteroatoms. The predicted octanol–water partition coefficient (Wildman–Crippen LogP) is -1.86. The Morgan fingerprint density at radius 1 is 1.47 bits per heavy atom. The summed E-state index contributed by atoms with van der Waals surface area (Å²) in [6.45, 7) is -0.485. The van der Waals surface area contributed by atoms with Gasteiger partial charge < -0.3 is 10.7 Å². The first-order valence-corrected chi connectivity index (χ1v) is 5.37. The highest BCUT2D eigenvalue weighted by atomic mass is 32.2. The van der Waals surface area contributed by atoms with Crippen molar-refractivity contribution in [2.45, 2.75) is 4.90 Å². The molecule has 0 aliphatic heterocycles. The summed E-state index contributed by atoms with van der Waals surface area (Å²) in [5, 5.41) is 0. The third-order valence-electron chi connectivity index (χ3n) is 1.50. The summed E-state index contributed by atoms with van der Waals surface area (Å²) in [6, 6.07) is 2.20. The zero-order valence-corrected chi connectivity index (χ0v) is 8.37. The number of H-pyrrole nitrogens is 1. The van der Waals surface area contributed by atoms with Crippen LogP contribution in [-0.2, 0) is 14.8 Å². The summed E-state index contributed by atoms with van der Waals surface area (Å²) in [5.74, 6) is -0.789. The van der Waals surface area contributed by atoms with Crippen LogP contribution in [0.3, 0.4) is 0 Å². The summed E-state index contributed by atoms with van der Waals surface area (Å²) >= 11 is 0. The van der Waals surface area contributed by atoms with Crippen molar-refractivity contribution in [1.29, 1.82) is 0 Å². The third kappa shape index (κ3) is 3.18. The highest BCUT2D eigenvalue weighted by molar-refractivity contribution is 7.89. The number of aromatic amines is 1. The zero-order valence-electron chi connectivity index (χ0n) is 7.56. The molecule has 0 saturated carbocycles. The number of amides is 1. The van der Waals surface area contributed by atoms with Crippen LogP contribution in [0.2, 0.25) is 0 Å². The highest BCUT2D eigenvalue weighted by Gasteiger charge is 2.14. The van der Waals surface area contributed by atoms with Crippen LogP contribution in [0.15, 0.2) is 28.0 Å². The first-order valence-electron chi connectivity index (χ1n) is 3.88. The minimum atomic E-state index is -3.79. The van der Waals surface area contributed by atoms with Gasteiger partial charge in [-0.25, -0.2) is 13.1 Å². The minimum Gasteiger partial charge on any atom is -0.369 e. The van der Waals surface area contributed by atoms with Gasteiger partial charge in [-0.05, 0) is 6.07 Å². The van der Waals surface area contributed by atoms with E-state index in [1.807, 2.05) is 4.72 Å². The minimum absolute atomic E-state index is 0.136. The van der Waals surface area contributed by atoms with Gasteiger partial charge in [0.1, 0.15) is 0 Å². The normalized spacial score (nSPS) is 11.2. The Balaban J connectivity index is 2.91. The molecule has 15 heavy (non-hydrogen) atoms. The van der Waals surface area contributed by atoms with E-state index in [1.165, 1.54) is 0 Å². The maximum atomic E-state index is 11.4. The molecule has 0 atom stereocenters. The Labute approximate surface area is 85.4 Å². The molecule has 1 aromatic heterocycles. The molecule has 0 saturated heterocycles. The van der Waals surface area contributed by atoms with Crippen molar-refractivity contribution in [3.05, 3.63) is 28.7 Å². The Morgan fingerprint density at radius 2 is 2.13 bits per heavy atom. The van der Waals surface area contributed by atoms with Gasteiger partial charge in [-0.2, -0.15) is 0 Å². The fourth-order valence-corrected chi connectivity index (χ4v) is 1.77. The van der Waals surface area contributed by atoms with E-state index < -0.39 is 28.0 Å². The number of nitrogens with two attached hydrogens (primary N) is 1. The second-order valence-electron chi connectivity index (χ2n) is 2.68. The van der Waals surface area contributed by atoms with Crippen LogP contribution in [0, 0.1) is 0 Å². The molecule has 1 heterocycles. The molecular formula is C7H9N3O4S. The molecule has 0 bridgehead atoms. The Morgan fingerprint density at radius 3 is 2.60 bits per heavy atom. The topological polar surface area (TPSA) is 122 Å². The first kappa shape index (κ1) is 11.4. The zero-order chi connectivity index (χ0) is 11.5. The SMILES string of the molecule is NC(=O)CNS(=O)(=O)c1ccc(=O)[nH]c1. The van der Waals surface area contributed by atoms with E-state index in [2.05, 4.69) is 4.98 Å². The number of sulfonamides is 1. The van der Waals surface area contributed by atoms with Crippen LogP contribution in [0.5, 0.6) is 0 Å². The number of rotatable bonds is 4. The third-order valence-corrected chi connectivity index (χ3v) is 2.90. The molecule has 7 nitrogen and oxygen atoms in total. The summed E-state index contributed by atoms with van der Waals surface area (Å²) in [6.07, 6.45) is 1.03. The fraction of sp³-hybridized carbons (Fsp3) is 0.143. The lowest BCUT2D eigenvalue weighted by atomic mass is 10.5. The molecule has 1 rings (SSSR count). The van der Waals surface area contributed by atoms with Crippen molar-refractivity contribution in [3.8, 4) is 0 Å². The maximum Gasteiger partial charge on any atom is 0.247 e. The number of hydrogen-bond acceptors (Lipinski definition) is 4. The van der Waals surface area contributed by atoms with Gasteiger partial charge in [-0.15, -0.1) is 0 Å². The molecule has 0 fully saturated rings. The average Bonchev–Trinajstić information content (AvgIpc) is 2.16. The van der Waals surface area contributed by atoms with E-state index in [0.717, 1.165) is 18.3 Å². The molecule has 1 aromatic rings. The molecule has 0 unspecified atom stereocenters. The molecular weight excluding hydrogens is 222 g/mol. The number of carbonyl (C=O) groups excluding carboxylic acids is 1. The number of aromatic nitrogens is 1. The van der Waals surface area contributed by atoms with E-state index in [4.69, 9.17) is 5.73 Å². The molecule has 0 aromatic carbocycles. The lowest BCUT2D eigenvalue weighted by molar-refractivity contribution is -0.116. The Hall–Kier alpha value is -1.67. The van der Waals surface area contributed by atoms with Crippen LogP contribution < -0.4 is 16.0 Å². The van der Waals surface area contributed by atoms with Crippen LogP contribution in [-0.4, -0.2) is 25.9 Å². The molecule has 4 N–H and O–H groups in total. The smallest absolute Gasteiger partial charge is 0.247 e. The fourth-order valence-electron chi connectivity index (χ4n) is 0.813. The Kier molecular flexibility index (Phi) is 3.22. The summed E-state index contributed by atoms with van der Waals surface area (Å²) < 4.78 is 24.8. The van der Waals surface area contributed by atoms with Gasteiger partial charge in [0, 0.05) is 12.3 Å². The first-order chi connectivity index (χ1) is 6.92. The van der Waals surface area contributed by atoms with Gasteiger partial charge in [-0.1, -0.05) is 0 Å². The van der Waals surface area contributed by atoms with E-state index in [1.54, 1.807) is 0 Å². The number of primary amides is 1. The van der Waals surface area contributed by atoms with Gasteiger partial charge in [0.05, 0.1) is 11.4 Å². The van der Waals surface area contributed by atoms with E-state index in [-0.39, 0.29) is 4.90 Å². The maximum absolute atomic E-state index is 11.4. The van der Waals surface area contributed by atoms with Crippen LogP contribution in [0.4, 0.5) is 0 Å². The molecule has 0 spiro atoms. The van der Waals surface area contributed by atoms with E-state index in [0.29, 0.717) is 0 Å². The summed E-state index contributed by atoms with van der Waals surface area (Å²) in [7, 11) is -3.79.